The lowest BCUT2D eigenvalue weighted by Crippen LogP contribution is -2.41. The van der Waals surface area contributed by atoms with Gasteiger partial charge in [0.1, 0.15) is 6.04 Å². The zero-order valence-electron chi connectivity index (χ0n) is 10.6. The van der Waals surface area contributed by atoms with Gasteiger partial charge in [0, 0.05) is 26.6 Å². The Morgan fingerprint density at radius 1 is 1.22 bits per heavy atom. The van der Waals surface area contributed by atoms with Gasteiger partial charge < -0.3 is 19.9 Å². The van der Waals surface area contributed by atoms with E-state index in [1.165, 1.54) is 14.2 Å². The fraction of sp³-hybridized carbons (Fsp3) is 0.727. The third-order valence-corrected chi connectivity index (χ3v) is 2.25. The van der Waals surface area contributed by atoms with Gasteiger partial charge in [-0.3, -0.25) is 9.59 Å². The van der Waals surface area contributed by atoms with Crippen molar-refractivity contribution in [1.82, 2.24) is 5.32 Å². The van der Waals surface area contributed by atoms with Crippen molar-refractivity contribution in [1.29, 1.82) is 0 Å². The van der Waals surface area contributed by atoms with Crippen LogP contribution in [0.15, 0.2) is 0 Å². The van der Waals surface area contributed by atoms with Gasteiger partial charge in [-0.05, 0) is 12.8 Å². The summed E-state index contributed by atoms with van der Waals surface area (Å²) in [6.07, 6.45) is 0.672. The van der Waals surface area contributed by atoms with E-state index in [0.717, 1.165) is 0 Å². The lowest BCUT2D eigenvalue weighted by atomic mass is 10.1. The van der Waals surface area contributed by atoms with E-state index < -0.39 is 18.0 Å². The minimum Gasteiger partial charge on any atom is -0.480 e. The van der Waals surface area contributed by atoms with Crippen LogP contribution in [0.1, 0.15) is 25.7 Å². The Bertz CT molecular complexity index is 291. The molecule has 0 aromatic heterocycles. The molecule has 0 rings (SSSR count). The lowest BCUT2D eigenvalue weighted by molar-refractivity contribution is -0.144. The number of carboxylic acid groups (broad SMARTS) is 1. The number of hydrogen-bond donors (Lipinski definition) is 2. The molecule has 0 aliphatic carbocycles. The van der Waals surface area contributed by atoms with Crippen molar-refractivity contribution in [3.05, 3.63) is 0 Å². The molecule has 0 saturated heterocycles. The standard InChI is InChI=1S/C11H19NO6/c1-17-7-3-4-9(13)12-8(11(15)16)5-6-10(14)18-2/h8H,3-7H2,1-2H3,(H,12,13)(H,15,16)/t8-/m0/s1. The summed E-state index contributed by atoms with van der Waals surface area (Å²) in [5, 5.41) is 11.2. The van der Waals surface area contributed by atoms with Crippen LogP contribution in [-0.4, -0.2) is 49.8 Å². The largest absolute Gasteiger partial charge is 0.480 e. The topological polar surface area (TPSA) is 102 Å². The zero-order valence-corrected chi connectivity index (χ0v) is 10.6. The fourth-order valence-electron chi connectivity index (χ4n) is 1.27. The second-order valence-corrected chi connectivity index (χ2v) is 3.67. The van der Waals surface area contributed by atoms with Crippen molar-refractivity contribution in [3.8, 4) is 0 Å². The van der Waals surface area contributed by atoms with Gasteiger partial charge >= 0.3 is 11.9 Å². The summed E-state index contributed by atoms with van der Waals surface area (Å²) >= 11 is 0. The number of carbonyl (C=O) groups is 3. The molecular formula is C11H19NO6. The average Bonchev–Trinajstić information content (AvgIpc) is 2.33. The molecule has 7 heteroatoms. The normalized spacial score (nSPS) is 11.7. The maximum Gasteiger partial charge on any atom is 0.326 e. The van der Waals surface area contributed by atoms with Crippen molar-refractivity contribution < 1.29 is 29.0 Å². The highest BCUT2D eigenvalue weighted by atomic mass is 16.5. The maximum atomic E-state index is 11.4. The van der Waals surface area contributed by atoms with Crippen LogP contribution in [-0.2, 0) is 23.9 Å². The number of amides is 1. The highest BCUT2D eigenvalue weighted by Gasteiger charge is 2.20. The summed E-state index contributed by atoms with van der Waals surface area (Å²) < 4.78 is 9.18. The number of carbonyl (C=O) groups excluding carboxylic acids is 2. The van der Waals surface area contributed by atoms with E-state index in [1.54, 1.807) is 0 Å². The number of methoxy groups -OCH3 is 2. The van der Waals surface area contributed by atoms with Gasteiger partial charge in [-0.1, -0.05) is 0 Å². The smallest absolute Gasteiger partial charge is 0.326 e. The molecule has 0 aromatic carbocycles. The zero-order chi connectivity index (χ0) is 14.0. The second-order valence-electron chi connectivity index (χ2n) is 3.67. The molecule has 0 heterocycles. The van der Waals surface area contributed by atoms with Gasteiger partial charge in [-0.15, -0.1) is 0 Å². The Balaban J connectivity index is 4.06. The molecule has 1 atom stereocenters. The molecule has 0 unspecified atom stereocenters. The maximum absolute atomic E-state index is 11.4. The van der Waals surface area contributed by atoms with Gasteiger partial charge in [-0.25, -0.2) is 4.79 Å². The van der Waals surface area contributed by atoms with Crippen molar-refractivity contribution in [2.45, 2.75) is 31.7 Å². The Hall–Kier alpha value is -1.63. The number of hydrogen-bond acceptors (Lipinski definition) is 5. The second kappa shape index (κ2) is 9.41. The number of ether oxygens (including phenoxy) is 2. The average molecular weight is 261 g/mol. The first-order valence-corrected chi connectivity index (χ1v) is 5.59. The molecule has 0 fully saturated rings. The van der Waals surface area contributed by atoms with Gasteiger partial charge in [0.2, 0.25) is 5.91 Å². The van der Waals surface area contributed by atoms with E-state index in [1.807, 2.05) is 0 Å². The first-order valence-electron chi connectivity index (χ1n) is 5.59. The van der Waals surface area contributed by atoms with Crippen LogP contribution in [0.3, 0.4) is 0 Å². The third-order valence-electron chi connectivity index (χ3n) is 2.25. The van der Waals surface area contributed by atoms with Gasteiger partial charge in [0.15, 0.2) is 0 Å². The van der Waals surface area contributed by atoms with Crippen LogP contribution in [0.2, 0.25) is 0 Å². The molecule has 2 N–H and O–H groups in total. The predicted octanol–water partition coefficient (Wildman–Crippen LogP) is -0.0644. The highest BCUT2D eigenvalue weighted by Crippen LogP contribution is 2.01. The van der Waals surface area contributed by atoms with Crippen molar-refractivity contribution in [2.75, 3.05) is 20.8 Å². The van der Waals surface area contributed by atoms with E-state index in [4.69, 9.17) is 9.84 Å². The molecule has 0 spiro atoms. The van der Waals surface area contributed by atoms with Gasteiger partial charge in [0.05, 0.1) is 7.11 Å². The number of rotatable bonds is 9. The third kappa shape index (κ3) is 7.61. The predicted molar refractivity (Wildman–Crippen MR) is 61.9 cm³/mol. The molecule has 0 aromatic rings. The summed E-state index contributed by atoms with van der Waals surface area (Å²) in [5.41, 5.74) is 0. The molecule has 0 saturated carbocycles. The Morgan fingerprint density at radius 2 is 1.89 bits per heavy atom. The highest BCUT2D eigenvalue weighted by molar-refractivity contribution is 5.83. The Morgan fingerprint density at radius 3 is 2.39 bits per heavy atom. The van der Waals surface area contributed by atoms with Crippen molar-refractivity contribution in [2.24, 2.45) is 0 Å². The number of aliphatic carboxylic acids is 1. The van der Waals surface area contributed by atoms with Gasteiger partial charge in [0.25, 0.3) is 0 Å². The van der Waals surface area contributed by atoms with Crippen LogP contribution in [0.25, 0.3) is 0 Å². The summed E-state index contributed by atoms with van der Waals surface area (Å²) in [4.78, 5) is 33.2. The van der Waals surface area contributed by atoms with Crippen LogP contribution in [0.5, 0.6) is 0 Å². The molecule has 18 heavy (non-hydrogen) atoms. The molecule has 1 amide bonds. The van der Waals surface area contributed by atoms with E-state index in [-0.39, 0.29) is 25.2 Å². The van der Waals surface area contributed by atoms with E-state index in [0.29, 0.717) is 13.0 Å². The molecule has 0 bridgehead atoms. The summed E-state index contributed by atoms with van der Waals surface area (Å²) in [5.74, 6) is -2.04. The Kier molecular flexibility index (Phi) is 8.55. The van der Waals surface area contributed by atoms with Gasteiger partial charge in [-0.2, -0.15) is 0 Å². The van der Waals surface area contributed by atoms with Crippen molar-refractivity contribution >= 4 is 17.8 Å². The van der Waals surface area contributed by atoms with Crippen LogP contribution in [0, 0.1) is 0 Å². The first-order chi connectivity index (χ1) is 8.51. The molecule has 104 valence electrons. The first kappa shape index (κ1) is 16.4. The molecule has 0 aliphatic rings. The fourth-order valence-corrected chi connectivity index (χ4v) is 1.27. The number of nitrogens with one attached hydrogen (secondary N) is 1. The number of carboxylic acids is 1. The van der Waals surface area contributed by atoms with E-state index in [9.17, 15) is 14.4 Å². The number of esters is 1. The monoisotopic (exact) mass is 261 g/mol. The Labute approximate surface area is 105 Å². The summed E-state index contributed by atoms with van der Waals surface area (Å²) in [6, 6.07) is -1.07. The lowest BCUT2D eigenvalue weighted by Gasteiger charge is -2.13. The van der Waals surface area contributed by atoms with Crippen LogP contribution in [0.4, 0.5) is 0 Å². The van der Waals surface area contributed by atoms with Crippen LogP contribution >= 0.6 is 0 Å². The minimum atomic E-state index is -1.17. The van der Waals surface area contributed by atoms with E-state index in [2.05, 4.69) is 10.1 Å². The molecule has 0 radical (unpaired) electrons. The van der Waals surface area contributed by atoms with Crippen molar-refractivity contribution in [3.63, 3.8) is 0 Å². The summed E-state index contributed by atoms with van der Waals surface area (Å²) in [7, 11) is 2.75. The minimum absolute atomic E-state index is 0.0119. The molecular weight excluding hydrogens is 242 g/mol. The van der Waals surface area contributed by atoms with E-state index >= 15 is 0 Å². The SMILES string of the molecule is COCCCC(=O)N[C@@H](CCC(=O)OC)C(=O)O. The summed E-state index contributed by atoms with van der Waals surface area (Å²) in [6.45, 7) is 0.438. The molecule has 0 aliphatic heterocycles. The van der Waals surface area contributed by atoms with Crippen LogP contribution < -0.4 is 5.32 Å². The molecule has 7 nitrogen and oxygen atoms in total. The quantitative estimate of drug-likeness (QED) is 0.445.